The van der Waals surface area contributed by atoms with Crippen LogP contribution in [0.4, 0.5) is 0 Å². The number of likely N-dealkylation sites (tertiary alicyclic amines) is 1. The van der Waals surface area contributed by atoms with Gasteiger partial charge in [-0.15, -0.1) is 0 Å². The number of carbonyl (C=O) groups excluding carboxylic acids is 2. The Bertz CT molecular complexity index is 793. The molecule has 144 valence electrons. The standard InChI is InChI=1S/C20H25N3O4/c1-14-8-7-9-15(2)23(14)18(24)13-27-20(25)19-17(26-3)12-22(21-19)16-10-5-4-6-11-16/h4-6,10-12,14-15H,7-9,13H2,1-3H3/t14-,15+. The molecule has 1 fully saturated rings. The molecule has 2 aromatic rings. The molecule has 0 radical (unpaired) electrons. The molecule has 3 rings (SSSR count). The van der Waals surface area contributed by atoms with Gasteiger partial charge in [-0.25, -0.2) is 9.48 Å². The number of nitrogens with zero attached hydrogens (tertiary/aromatic N) is 3. The van der Waals surface area contributed by atoms with Crippen molar-refractivity contribution in [2.45, 2.75) is 45.2 Å². The van der Waals surface area contributed by atoms with Gasteiger partial charge in [0.05, 0.1) is 19.0 Å². The highest BCUT2D eigenvalue weighted by atomic mass is 16.5. The number of methoxy groups -OCH3 is 1. The Hall–Kier alpha value is -2.83. The minimum Gasteiger partial charge on any atom is -0.493 e. The number of rotatable bonds is 5. The Kier molecular flexibility index (Phi) is 5.78. The van der Waals surface area contributed by atoms with Crippen LogP contribution in [0.2, 0.25) is 0 Å². The molecule has 1 aliphatic heterocycles. The highest BCUT2D eigenvalue weighted by Gasteiger charge is 2.30. The van der Waals surface area contributed by atoms with Crippen molar-refractivity contribution in [3.8, 4) is 11.4 Å². The molecular weight excluding hydrogens is 346 g/mol. The van der Waals surface area contributed by atoms with Gasteiger partial charge in [-0.2, -0.15) is 5.10 Å². The number of amides is 1. The van der Waals surface area contributed by atoms with Crippen molar-refractivity contribution in [3.05, 3.63) is 42.2 Å². The lowest BCUT2D eigenvalue weighted by molar-refractivity contribution is -0.140. The van der Waals surface area contributed by atoms with Crippen molar-refractivity contribution in [2.75, 3.05) is 13.7 Å². The Morgan fingerprint density at radius 2 is 1.81 bits per heavy atom. The zero-order valence-electron chi connectivity index (χ0n) is 15.9. The molecule has 2 heterocycles. The van der Waals surface area contributed by atoms with Gasteiger partial charge in [0.2, 0.25) is 5.69 Å². The van der Waals surface area contributed by atoms with Crippen LogP contribution in [0.1, 0.15) is 43.6 Å². The molecule has 27 heavy (non-hydrogen) atoms. The quantitative estimate of drug-likeness (QED) is 0.756. The fourth-order valence-corrected chi connectivity index (χ4v) is 3.54. The number of carbonyl (C=O) groups is 2. The molecule has 0 unspecified atom stereocenters. The molecule has 0 aliphatic carbocycles. The van der Waals surface area contributed by atoms with Crippen LogP contribution in [0, 0.1) is 0 Å². The third kappa shape index (κ3) is 4.13. The van der Waals surface area contributed by atoms with Gasteiger partial charge in [0.25, 0.3) is 5.91 Å². The van der Waals surface area contributed by atoms with E-state index in [1.54, 1.807) is 10.9 Å². The second-order valence-corrected chi connectivity index (χ2v) is 6.83. The van der Waals surface area contributed by atoms with Crippen molar-refractivity contribution in [3.63, 3.8) is 0 Å². The smallest absolute Gasteiger partial charge is 0.363 e. The molecule has 0 saturated carbocycles. The maximum atomic E-state index is 12.5. The van der Waals surface area contributed by atoms with E-state index in [0.717, 1.165) is 24.9 Å². The molecule has 7 heteroatoms. The van der Waals surface area contributed by atoms with Gasteiger partial charge >= 0.3 is 5.97 Å². The molecule has 1 saturated heterocycles. The summed E-state index contributed by atoms with van der Waals surface area (Å²) in [7, 11) is 1.46. The lowest BCUT2D eigenvalue weighted by Crippen LogP contribution is -2.49. The summed E-state index contributed by atoms with van der Waals surface area (Å²) in [5.74, 6) is -0.548. The summed E-state index contributed by atoms with van der Waals surface area (Å²) in [6.45, 7) is 3.76. The average molecular weight is 371 g/mol. The Labute approximate surface area is 158 Å². The maximum absolute atomic E-state index is 12.5. The number of esters is 1. The normalized spacial score (nSPS) is 19.6. The van der Waals surface area contributed by atoms with Crippen LogP contribution in [-0.2, 0) is 9.53 Å². The van der Waals surface area contributed by atoms with Gasteiger partial charge in [0, 0.05) is 12.1 Å². The first-order valence-corrected chi connectivity index (χ1v) is 9.18. The lowest BCUT2D eigenvalue weighted by atomic mass is 9.97. The number of para-hydroxylation sites is 1. The second-order valence-electron chi connectivity index (χ2n) is 6.83. The first kappa shape index (κ1) is 18.9. The predicted octanol–water partition coefficient (Wildman–Crippen LogP) is 2.83. The summed E-state index contributed by atoms with van der Waals surface area (Å²) < 4.78 is 12.0. The molecule has 2 atom stereocenters. The molecule has 1 aromatic heterocycles. The minimum atomic E-state index is -0.674. The van der Waals surface area contributed by atoms with Crippen molar-refractivity contribution in [1.29, 1.82) is 0 Å². The van der Waals surface area contributed by atoms with Gasteiger partial charge in [0.1, 0.15) is 0 Å². The number of benzene rings is 1. The van der Waals surface area contributed by atoms with Crippen molar-refractivity contribution in [1.82, 2.24) is 14.7 Å². The summed E-state index contributed by atoms with van der Waals surface area (Å²) in [6.07, 6.45) is 4.67. The molecule has 7 nitrogen and oxygen atoms in total. The predicted molar refractivity (Wildman–Crippen MR) is 100 cm³/mol. The van der Waals surface area contributed by atoms with Gasteiger partial charge in [-0.3, -0.25) is 4.79 Å². The zero-order chi connectivity index (χ0) is 19.4. The summed E-state index contributed by atoms with van der Waals surface area (Å²) in [4.78, 5) is 26.8. The van der Waals surface area contributed by atoms with E-state index in [4.69, 9.17) is 9.47 Å². The zero-order valence-corrected chi connectivity index (χ0v) is 15.9. The molecule has 1 aliphatic rings. The van der Waals surface area contributed by atoms with Crippen molar-refractivity contribution in [2.24, 2.45) is 0 Å². The van der Waals surface area contributed by atoms with E-state index in [-0.39, 0.29) is 30.3 Å². The van der Waals surface area contributed by atoms with Crippen LogP contribution in [0.25, 0.3) is 5.69 Å². The Balaban J connectivity index is 1.69. The van der Waals surface area contributed by atoms with Crippen LogP contribution in [0.3, 0.4) is 0 Å². The van der Waals surface area contributed by atoms with Crippen LogP contribution in [-0.4, -0.2) is 52.4 Å². The molecular formula is C20H25N3O4. The fraction of sp³-hybridized carbons (Fsp3) is 0.450. The van der Waals surface area contributed by atoms with Crippen LogP contribution < -0.4 is 4.74 Å². The first-order chi connectivity index (χ1) is 13.0. The summed E-state index contributed by atoms with van der Waals surface area (Å²) in [5, 5.41) is 4.26. The highest BCUT2D eigenvalue weighted by molar-refractivity contribution is 5.92. The molecule has 0 spiro atoms. The number of aromatic nitrogens is 2. The number of hydrogen-bond acceptors (Lipinski definition) is 5. The Morgan fingerprint density at radius 3 is 2.44 bits per heavy atom. The SMILES string of the molecule is COc1cn(-c2ccccc2)nc1C(=O)OCC(=O)N1[C@H](C)CCC[C@@H]1C. The van der Waals surface area contributed by atoms with Crippen molar-refractivity contribution < 1.29 is 19.1 Å². The summed E-state index contributed by atoms with van der Waals surface area (Å²) in [5.41, 5.74) is 0.843. The maximum Gasteiger partial charge on any atom is 0.363 e. The lowest BCUT2D eigenvalue weighted by Gasteiger charge is -2.38. The van der Waals surface area contributed by atoms with E-state index in [9.17, 15) is 9.59 Å². The largest absolute Gasteiger partial charge is 0.493 e. The molecule has 0 N–H and O–H groups in total. The van der Waals surface area contributed by atoms with Crippen LogP contribution >= 0.6 is 0 Å². The number of piperidine rings is 1. The highest BCUT2D eigenvalue weighted by Crippen LogP contribution is 2.23. The van der Waals surface area contributed by atoms with E-state index in [1.807, 2.05) is 49.1 Å². The molecule has 1 amide bonds. The fourth-order valence-electron chi connectivity index (χ4n) is 3.54. The van der Waals surface area contributed by atoms with E-state index in [0.29, 0.717) is 5.75 Å². The third-order valence-corrected chi connectivity index (χ3v) is 4.92. The third-order valence-electron chi connectivity index (χ3n) is 4.92. The van der Waals surface area contributed by atoms with Gasteiger partial charge < -0.3 is 14.4 Å². The van der Waals surface area contributed by atoms with E-state index < -0.39 is 5.97 Å². The minimum absolute atomic E-state index is 0.0499. The second kappa shape index (κ2) is 8.24. The van der Waals surface area contributed by atoms with Crippen LogP contribution in [0.15, 0.2) is 36.5 Å². The average Bonchev–Trinajstić information content (AvgIpc) is 3.11. The van der Waals surface area contributed by atoms with Gasteiger partial charge in [0.15, 0.2) is 12.4 Å². The monoisotopic (exact) mass is 371 g/mol. The summed E-state index contributed by atoms with van der Waals surface area (Å²) in [6, 6.07) is 9.70. The molecule has 0 bridgehead atoms. The number of hydrogen-bond donors (Lipinski definition) is 0. The Morgan fingerprint density at radius 1 is 1.15 bits per heavy atom. The van der Waals surface area contributed by atoms with Gasteiger partial charge in [-0.1, -0.05) is 18.2 Å². The van der Waals surface area contributed by atoms with Crippen LogP contribution in [0.5, 0.6) is 5.75 Å². The van der Waals surface area contributed by atoms with E-state index in [2.05, 4.69) is 5.10 Å². The van der Waals surface area contributed by atoms with E-state index >= 15 is 0 Å². The number of ether oxygens (including phenoxy) is 2. The topological polar surface area (TPSA) is 73.7 Å². The van der Waals surface area contributed by atoms with E-state index in [1.165, 1.54) is 7.11 Å². The molecule has 1 aromatic carbocycles. The van der Waals surface area contributed by atoms with Gasteiger partial charge in [-0.05, 0) is 45.2 Å². The summed E-state index contributed by atoms with van der Waals surface area (Å²) >= 11 is 0. The first-order valence-electron chi connectivity index (χ1n) is 9.18. The van der Waals surface area contributed by atoms with Crippen molar-refractivity contribution >= 4 is 11.9 Å².